The van der Waals surface area contributed by atoms with Gasteiger partial charge in [-0.3, -0.25) is 19.8 Å². The molecule has 4 rings (SSSR count). The summed E-state index contributed by atoms with van der Waals surface area (Å²) < 4.78 is 10.8. The number of non-ortho nitro benzene ring substituents is 1. The zero-order chi connectivity index (χ0) is 23.5. The second-order valence-corrected chi connectivity index (χ2v) is 7.97. The van der Waals surface area contributed by atoms with Crippen LogP contribution in [0.25, 0.3) is 11.4 Å². The Morgan fingerprint density at radius 3 is 2.48 bits per heavy atom. The molecule has 172 valence electrons. The van der Waals surface area contributed by atoms with Gasteiger partial charge in [-0.25, -0.2) is 0 Å². The van der Waals surface area contributed by atoms with Crippen LogP contribution in [0.5, 0.6) is 5.75 Å². The number of carbonyl (C=O) groups excluding carboxylic acids is 1. The van der Waals surface area contributed by atoms with E-state index in [1.165, 1.54) is 25.3 Å². The van der Waals surface area contributed by atoms with E-state index in [1.54, 1.807) is 4.90 Å². The van der Waals surface area contributed by atoms with Crippen LogP contribution in [0.4, 0.5) is 5.69 Å². The lowest BCUT2D eigenvalue weighted by Gasteiger charge is -2.36. The molecule has 0 bridgehead atoms. The lowest BCUT2D eigenvalue weighted by atomic mass is 10.1. The smallest absolute Gasteiger partial charge is 0.270 e. The minimum atomic E-state index is -0.523. The molecule has 1 aliphatic heterocycles. The summed E-state index contributed by atoms with van der Waals surface area (Å²) in [5, 5.41) is 15.2. The predicted molar refractivity (Wildman–Crippen MR) is 120 cm³/mol. The summed E-state index contributed by atoms with van der Waals surface area (Å²) in [6.07, 6.45) is 0. The fraction of sp³-hybridized carbons (Fsp3) is 0.348. The van der Waals surface area contributed by atoms with Crippen molar-refractivity contribution in [3.8, 4) is 17.1 Å². The Kier molecular flexibility index (Phi) is 6.36. The molecule has 33 heavy (non-hydrogen) atoms. The van der Waals surface area contributed by atoms with E-state index < -0.39 is 4.92 Å². The number of nitrogens with zero attached hydrogens (tertiary/aromatic N) is 5. The first-order chi connectivity index (χ1) is 15.9. The fourth-order valence-electron chi connectivity index (χ4n) is 3.84. The maximum atomic E-state index is 13.0. The third-order valence-corrected chi connectivity index (χ3v) is 5.88. The highest BCUT2D eigenvalue weighted by Crippen LogP contribution is 2.27. The molecule has 0 saturated carbocycles. The number of amides is 1. The van der Waals surface area contributed by atoms with Gasteiger partial charge in [0.25, 0.3) is 11.6 Å². The van der Waals surface area contributed by atoms with Crippen LogP contribution in [-0.4, -0.2) is 64.1 Å². The second-order valence-electron chi connectivity index (χ2n) is 7.97. The standard InChI is InChI=1S/C23H25N5O5/c1-15-4-6-17(7-5-15)21-24-22(33-25-21)16(2)26-10-12-27(13-11-26)23(29)19-14-18(28(30)31)8-9-20(19)32-3/h4-9,14,16H,10-13H2,1-3H3. The molecule has 0 aliphatic carbocycles. The molecular weight excluding hydrogens is 426 g/mol. The van der Waals surface area contributed by atoms with Crippen molar-refractivity contribution < 1.29 is 19.0 Å². The number of carbonyl (C=O) groups is 1. The SMILES string of the molecule is COc1ccc([N+](=O)[O-])cc1C(=O)N1CCN(C(C)c2nc(-c3ccc(C)cc3)no2)CC1. The summed E-state index contributed by atoms with van der Waals surface area (Å²) in [4.78, 5) is 32.1. The van der Waals surface area contributed by atoms with Crippen molar-refractivity contribution in [2.75, 3.05) is 33.3 Å². The minimum absolute atomic E-state index is 0.110. The fourth-order valence-corrected chi connectivity index (χ4v) is 3.84. The van der Waals surface area contributed by atoms with Gasteiger partial charge in [-0.15, -0.1) is 0 Å². The van der Waals surface area contributed by atoms with Crippen molar-refractivity contribution in [3.05, 3.63) is 69.6 Å². The van der Waals surface area contributed by atoms with Crippen molar-refractivity contribution in [3.63, 3.8) is 0 Å². The number of piperazine rings is 1. The highest BCUT2D eigenvalue weighted by molar-refractivity contribution is 5.97. The van der Waals surface area contributed by atoms with E-state index in [1.807, 2.05) is 38.1 Å². The molecule has 1 amide bonds. The number of rotatable bonds is 6. The van der Waals surface area contributed by atoms with Gasteiger partial charge in [0.15, 0.2) is 0 Å². The number of methoxy groups -OCH3 is 1. The molecule has 1 unspecified atom stereocenters. The topological polar surface area (TPSA) is 115 Å². The third kappa shape index (κ3) is 4.70. The van der Waals surface area contributed by atoms with Crippen LogP contribution < -0.4 is 4.74 Å². The van der Waals surface area contributed by atoms with Crippen LogP contribution >= 0.6 is 0 Å². The van der Waals surface area contributed by atoms with Gasteiger partial charge in [-0.05, 0) is 19.9 Å². The van der Waals surface area contributed by atoms with E-state index in [9.17, 15) is 14.9 Å². The first kappa shape index (κ1) is 22.4. The van der Waals surface area contributed by atoms with E-state index in [4.69, 9.17) is 9.26 Å². The first-order valence-corrected chi connectivity index (χ1v) is 10.6. The molecule has 1 aromatic heterocycles. The minimum Gasteiger partial charge on any atom is -0.496 e. The van der Waals surface area contributed by atoms with Crippen LogP contribution in [0.3, 0.4) is 0 Å². The van der Waals surface area contributed by atoms with E-state index in [2.05, 4.69) is 15.0 Å². The highest BCUT2D eigenvalue weighted by Gasteiger charge is 2.30. The summed E-state index contributed by atoms with van der Waals surface area (Å²) in [7, 11) is 1.44. The Balaban J connectivity index is 1.42. The Hall–Kier alpha value is -3.79. The number of hydrogen-bond donors (Lipinski definition) is 0. The van der Waals surface area contributed by atoms with Crippen LogP contribution in [0.2, 0.25) is 0 Å². The molecule has 10 heteroatoms. The zero-order valence-electron chi connectivity index (χ0n) is 18.7. The molecule has 1 atom stereocenters. The molecule has 2 heterocycles. The van der Waals surface area contributed by atoms with E-state index in [-0.39, 0.29) is 23.2 Å². The molecule has 2 aromatic carbocycles. The molecule has 10 nitrogen and oxygen atoms in total. The summed E-state index contributed by atoms with van der Waals surface area (Å²) in [6.45, 7) is 6.15. The van der Waals surface area contributed by atoms with Crippen molar-refractivity contribution in [2.24, 2.45) is 0 Å². The molecule has 3 aromatic rings. The quantitative estimate of drug-likeness (QED) is 0.413. The summed E-state index contributed by atoms with van der Waals surface area (Å²) in [6, 6.07) is 11.9. The predicted octanol–water partition coefficient (Wildman–Crippen LogP) is 3.48. The average Bonchev–Trinajstić information content (AvgIpc) is 3.33. The molecular formula is C23H25N5O5. The number of ether oxygens (including phenoxy) is 1. The Morgan fingerprint density at radius 1 is 1.15 bits per heavy atom. The lowest BCUT2D eigenvalue weighted by Crippen LogP contribution is -2.49. The molecule has 1 aliphatic rings. The summed E-state index contributed by atoms with van der Waals surface area (Å²) in [5.74, 6) is 1.09. The van der Waals surface area contributed by atoms with Crippen LogP contribution in [0.1, 0.15) is 34.8 Å². The molecule has 0 N–H and O–H groups in total. The summed E-state index contributed by atoms with van der Waals surface area (Å²) >= 11 is 0. The first-order valence-electron chi connectivity index (χ1n) is 10.6. The van der Waals surface area contributed by atoms with Gasteiger partial charge < -0.3 is 14.2 Å². The van der Waals surface area contributed by atoms with Crippen molar-refractivity contribution in [1.29, 1.82) is 0 Å². The third-order valence-electron chi connectivity index (χ3n) is 5.88. The number of nitro groups is 1. The molecule has 0 radical (unpaired) electrons. The normalized spacial score (nSPS) is 15.3. The number of nitro benzene ring substituents is 1. The lowest BCUT2D eigenvalue weighted by molar-refractivity contribution is -0.384. The van der Waals surface area contributed by atoms with Crippen LogP contribution in [-0.2, 0) is 0 Å². The van der Waals surface area contributed by atoms with Crippen molar-refractivity contribution >= 4 is 11.6 Å². The van der Waals surface area contributed by atoms with E-state index >= 15 is 0 Å². The largest absolute Gasteiger partial charge is 0.496 e. The van der Waals surface area contributed by atoms with E-state index in [0.717, 1.165) is 11.1 Å². The van der Waals surface area contributed by atoms with Crippen molar-refractivity contribution in [2.45, 2.75) is 19.9 Å². The van der Waals surface area contributed by atoms with Gasteiger partial charge in [0.2, 0.25) is 11.7 Å². The molecule has 0 spiro atoms. The van der Waals surface area contributed by atoms with Crippen molar-refractivity contribution in [1.82, 2.24) is 19.9 Å². The maximum absolute atomic E-state index is 13.0. The van der Waals surface area contributed by atoms with Crippen LogP contribution in [0, 0.1) is 17.0 Å². The van der Waals surface area contributed by atoms with Gasteiger partial charge in [-0.2, -0.15) is 4.98 Å². The van der Waals surface area contributed by atoms with Gasteiger partial charge in [-0.1, -0.05) is 35.0 Å². The molecule has 1 saturated heterocycles. The van der Waals surface area contributed by atoms with E-state index in [0.29, 0.717) is 43.6 Å². The zero-order valence-corrected chi connectivity index (χ0v) is 18.7. The Labute approximate surface area is 190 Å². The second kappa shape index (κ2) is 9.37. The maximum Gasteiger partial charge on any atom is 0.270 e. The van der Waals surface area contributed by atoms with Gasteiger partial charge in [0.05, 0.1) is 23.6 Å². The number of aryl methyl sites for hydroxylation is 1. The summed E-state index contributed by atoms with van der Waals surface area (Å²) in [5.41, 5.74) is 2.09. The Morgan fingerprint density at radius 2 is 1.85 bits per heavy atom. The van der Waals surface area contributed by atoms with Gasteiger partial charge >= 0.3 is 0 Å². The van der Waals surface area contributed by atoms with Gasteiger partial charge in [0.1, 0.15) is 5.75 Å². The number of hydrogen-bond acceptors (Lipinski definition) is 8. The van der Waals surface area contributed by atoms with Crippen LogP contribution in [0.15, 0.2) is 47.0 Å². The number of benzene rings is 2. The average molecular weight is 451 g/mol. The Bertz CT molecular complexity index is 1150. The number of aromatic nitrogens is 2. The molecule has 1 fully saturated rings. The monoisotopic (exact) mass is 451 g/mol. The van der Waals surface area contributed by atoms with Gasteiger partial charge in [0, 0.05) is 43.9 Å². The highest BCUT2D eigenvalue weighted by atomic mass is 16.6.